The molecule has 10 heteroatoms. The Balaban J connectivity index is 2.93. The highest BCUT2D eigenvalue weighted by Gasteiger charge is 2.45. The van der Waals surface area contributed by atoms with Crippen molar-refractivity contribution in [3.05, 3.63) is 0 Å². The van der Waals surface area contributed by atoms with Crippen molar-refractivity contribution < 1.29 is 37.7 Å². The van der Waals surface area contributed by atoms with Gasteiger partial charge in [0.05, 0.1) is 26.7 Å². The molecular formula is C10H24NO7P2+. The molecule has 0 amide bonds. The van der Waals surface area contributed by atoms with Gasteiger partial charge in [-0.15, -0.1) is 0 Å². The van der Waals surface area contributed by atoms with Gasteiger partial charge in [0.15, 0.2) is 5.85 Å². The van der Waals surface area contributed by atoms with Gasteiger partial charge in [-0.3, -0.25) is 9.09 Å². The SMILES string of the molecule is CC1CCC[N+](C)(C)C1CC(OP(=O)(O)O)P(=O)(O)O. The molecule has 0 radical (unpaired) electrons. The maximum absolute atomic E-state index is 11.4. The Morgan fingerprint density at radius 3 is 2.20 bits per heavy atom. The molecule has 0 bridgehead atoms. The van der Waals surface area contributed by atoms with E-state index in [1.165, 1.54) is 0 Å². The van der Waals surface area contributed by atoms with Gasteiger partial charge in [-0.05, 0) is 12.8 Å². The lowest BCUT2D eigenvalue weighted by molar-refractivity contribution is -0.924. The lowest BCUT2D eigenvalue weighted by Gasteiger charge is -2.46. The molecule has 0 aromatic carbocycles. The van der Waals surface area contributed by atoms with Crippen LogP contribution >= 0.6 is 15.4 Å². The van der Waals surface area contributed by atoms with E-state index < -0.39 is 21.3 Å². The number of piperidine rings is 1. The highest BCUT2D eigenvalue weighted by molar-refractivity contribution is 7.53. The van der Waals surface area contributed by atoms with Crippen LogP contribution in [0.3, 0.4) is 0 Å². The second kappa shape index (κ2) is 6.15. The molecular weight excluding hydrogens is 308 g/mol. The molecule has 20 heavy (non-hydrogen) atoms. The summed E-state index contributed by atoms with van der Waals surface area (Å²) in [5.41, 5.74) is 0. The van der Waals surface area contributed by atoms with E-state index in [0.29, 0.717) is 4.48 Å². The fraction of sp³-hybridized carbons (Fsp3) is 1.00. The number of phosphoric ester groups is 1. The van der Waals surface area contributed by atoms with Gasteiger partial charge in [0.1, 0.15) is 0 Å². The molecule has 1 rings (SSSR count). The Hall–Kier alpha value is 0.220. The second-order valence-corrected chi connectivity index (χ2v) is 9.01. The minimum Gasteiger partial charge on any atom is -0.326 e. The van der Waals surface area contributed by atoms with Gasteiger partial charge in [-0.1, -0.05) is 6.92 Å². The Bertz CT molecular complexity index is 429. The molecule has 0 aromatic rings. The Morgan fingerprint density at radius 2 is 1.80 bits per heavy atom. The summed E-state index contributed by atoms with van der Waals surface area (Å²) in [5.74, 6) is -1.57. The molecule has 3 atom stereocenters. The van der Waals surface area contributed by atoms with Crippen LogP contribution in [0.5, 0.6) is 0 Å². The summed E-state index contributed by atoms with van der Waals surface area (Å²) < 4.78 is 27.2. The second-order valence-electron chi connectivity index (χ2n) is 6.06. The normalized spacial score (nSPS) is 29.1. The predicted octanol–water partition coefficient (Wildman–Crippen LogP) is 0.864. The van der Waals surface area contributed by atoms with E-state index in [1.807, 2.05) is 21.0 Å². The van der Waals surface area contributed by atoms with Crippen LogP contribution in [0.4, 0.5) is 0 Å². The predicted molar refractivity (Wildman–Crippen MR) is 72.7 cm³/mol. The number of quaternary nitrogens is 1. The highest BCUT2D eigenvalue weighted by Crippen LogP contribution is 2.53. The van der Waals surface area contributed by atoms with Crippen LogP contribution in [0.2, 0.25) is 0 Å². The first kappa shape index (κ1) is 18.3. The molecule has 0 aromatic heterocycles. The standard InChI is InChI=1S/C10H23NO7P2/c1-8-5-4-6-11(2,3)9(8)7-10(19(12,13)14)18-20(15,16)17/h8-10H,4-7H2,1-3H3,(H3-,12,13,14,15,16,17)/p+1. The van der Waals surface area contributed by atoms with E-state index >= 15 is 0 Å². The Labute approximate surface area is 118 Å². The third-order valence-corrected chi connectivity index (χ3v) is 5.79. The molecule has 1 aliphatic heterocycles. The van der Waals surface area contributed by atoms with Crippen LogP contribution < -0.4 is 0 Å². The summed E-state index contributed by atoms with van der Waals surface area (Å²) in [6, 6.07) is -0.118. The van der Waals surface area contributed by atoms with E-state index in [4.69, 9.17) is 9.79 Å². The molecule has 1 saturated heterocycles. The Morgan fingerprint density at radius 1 is 1.25 bits per heavy atom. The van der Waals surface area contributed by atoms with E-state index in [2.05, 4.69) is 4.52 Å². The zero-order valence-corrected chi connectivity index (χ0v) is 13.7. The summed E-state index contributed by atoms with van der Waals surface area (Å²) in [5, 5.41) is 0. The number of likely N-dealkylation sites (tertiary alicyclic amines) is 1. The summed E-state index contributed by atoms with van der Waals surface area (Å²) in [4.78, 5) is 36.2. The van der Waals surface area contributed by atoms with Crippen molar-refractivity contribution in [2.24, 2.45) is 5.92 Å². The number of hydrogen-bond donors (Lipinski definition) is 4. The van der Waals surface area contributed by atoms with Crippen LogP contribution in [0.25, 0.3) is 0 Å². The first-order valence-electron chi connectivity index (χ1n) is 6.45. The molecule has 1 aliphatic rings. The van der Waals surface area contributed by atoms with E-state index in [9.17, 15) is 18.9 Å². The van der Waals surface area contributed by atoms with Crippen molar-refractivity contribution >= 4 is 15.4 Å². The van der Waals surface area contributed by atoms with Gasteiger partial charge >= 0.3 is 15.4 Å². The number of rotatable bonds is 5. The smallest absolute Gasteiger partial charge is 0.326 e. The van der Waals surface area contributed by atoms with Crippen molar-refractivity contribution in [3.8, 4) is 0 Å². The highest BCUT2D eigenvalue weighted by atomic mass is 31.2. The quantitative estimate of drug-likeness (QED) is 0.435. The van der Waals surface area contributed by atoms with Gasteiger partial charge in [0.2, 0.25) is 0 Å². The van der Waals surface area contributed by atoms with Crippen molar-refractivity contribution in [1.29, 1.82) is 0 Å². The van der Waals surface area contributed by atoms with Gasteiger partial charge in [0.25, 0.3) is 0 Å². The lowest BCUT2D eigenvalue weighted by Crippen LogP contribution is -2.56. The molecule has 1 heterocycles. The zero-order valence-electron chi connectivity index (χ0n) is 11.9. The minimum absolute atomic E-state index is 0.0798. The van der Waals surface area contributed by atoms with E-state index in [-0.39, 0.29) is 18.4 Å². The lowest BCUT2D eigenvalue weighted by atomic mass is 9.87. The van der Waals surface area contributed by atoms with Crippen molar-refractivity contribution in [1.82, 2.24) is 0 Å². The fourth-order valence-corrected chi connectivity index (χ4v) is 4.75. The largest absolute Gasteiger partial charge is 0.470 e. The van der Waals surface area contributed by atoms with Crippen molar-refractivity contribution in [2.75, 3.05) is 20.6 Å². The van der Waals surface area contributed by atoms with Gasteiger partial charge < -0.3 is 24.1 Å². The fourth-order valence-electron chi connectivity index (χ4n) is 2.99. The third kappa shape index (κ3) is 5.20. The van der Waals surface area contributed by atoms with Crippen LogP contribution in [-0.4, -0.2) is 56.6 Å². The van der Waals surface area contributed by atoms with E-state index in [0.717, 1.165) is 19.4 Å². The number of phosphoric acid groups is 1. The molecule has 4 N–H and O–H groups in total. The van der Waals surface area contributed by atoms with Crippen molar-refractivity contribution in [2.45, 2.75) is 38.1 Å². The van der Waals surface area contributed by atoms with Gasteiger partial charge in [0, 0.05) is 12.3 Å². The van der Waals surface area contributed by atoms with Crippen LogP contribution in [0.15, 0.2) is 0 Å². The molecule has 1 fully saturated rings. The maximum Gasteiger partial charge on any atom is 0.470 e. The van der Waals surface area contributed by atoms with Crippen LogP contribution in [0.1, 0.15) is 26.2 Å². The topological polar surface area (TPSA) is 124 Å². The van der Waals surface area contributed by atoms with E-state index in [1.54, 1.807) is 0 Å². The summed E-state index contributed by atoms with van der Waals surface area (Å²) in [7, 11) is -5.79. The summed E-state index contributed by atoms with van der Waals surface area (Å²) in [6.07, 6.45) is 1.87. The van der Waals surface area contributed by atoms with Crippen molar-refractivity contribution in [3.63, 3.8) is 0 Å². The number of hydrogen-bond acceptors (Lipinski definition) is 3. The number of nitrogens with zero attached hydrogens (tertiary/aromatic N) is 1. The average Bonchev–Trinajstić information content (AvgIpc) is 2.18. The van der Waals surface area contributed by atoms with Crippen LogP contribution in [-0.2, 0) is 13.7 Å². The molecule has 0 spiro atoms. The summed E-state index contributed by atoms with van der Waals surface area (Å²) in [6.45, 7) is 2.84. The third-order valence-electron chi connectivity index (χ3n) is 4.03. The monoisotopic (exact) mass is 332 g/mol. The first-order valence-corrected chi connectivity index (χ1v) is 9.66. The van der Waals surface area contributed by atoms with Crippen LogP contribution in [0, 0.1) is 5.92 Å². The van der Waals surface area contributed by atoms with Gasteiger partial charge in [-0.2, -0.15) is 0 Å². The minimum atomic E-state index is -4.95. The Kier molecular flexibility index (Phi) is 5.61. The summed E-state index contributed by atoms with van der Waals surface area (Å²) >= 11 is 0. The maximum atomic E-state index is 11.4. The molecule has 120 valence electrons. The molecule has 0 saturated carbocycles. The van der Waals surface area contributed by atoms with Gasteiger partial charge in [-0.25, -0.2) is 4.57 Å². The zero-order chi connectivity index (χ0) is 15.8. The molecule has 8 nitrogen and oxygen atoms in total. The molecule has 0 aliphatic carbocycles. The molecule has 3 unspecified atom stereocenters. The average molecular weight is 332 g/mol. The first-order chi connectivity index (χ1) is 8.83.